The molecule has 0 fully saturated rings. The third-order valence-electron chi connectivity index (χ3n) is 4.59. The largest absolute Gasteiger partial charge is 0.456 e. The van der Waals surface area contributed by atoms with E-state index in [0.717, 1.165) is 5.56 Å². The molecule has 0 aromatic heterocycles. The Kier molecular flexibility index (Phi) is 7.38. The third-order valence-corrected chi connectivity index (χ3v) is 4.59. The van der Waals surface area contributed by atoms with Crippen molar-refractivity contribution in [3.63, 3.8) is 0 Å². The minimum absolute atomic E-state index is 0.0526. The average Bonchev–Trinajstić information content (AvgIpc) is 2.57. The van der Waals surface area contributed by atoms with Crippen molar-refractivity contribution in [2.45, 2.75) is 65.3 Å². The van der Waals surface area contributed by atoms with Crippen LogP contribution in [-0.2, 0) is 26.2 Å². The maximum absolute atomic E-state index is 11.9. The van der Waals surface area contributed by atoms with Crippen LogP contribution in [-0.4, -0.2) is 24.0 Å². The Balaban J connectivity index is 2.43. The lowest BCUT2D eigenvalue weighted by molar-refractivity contribution is -0.149. The van der Waals surface area contributed by atoms with Gasteiger partial charge in [0, 0.05) is 6.42 Å². The lowest BCUT2D eigenvalue weighted by Gasteiger charge is -2.27. The Bertz CT molecular complexity index is 666. The Labute approximate surface area is 156 Å². The van der Waals surface area contributed by atoms with Gasteiger partial charge in [0.05, 0.1) is 6.07 Å². The minimum Gasteiger partial charge on any atom is -0.456 e. The lowest BCUT2D eigenvalue weighted by atomic mass is 9.86. The number of carbonyl (C=O) groups is 2. The van der Waals surface area contributed by atoms with Gasteiger partial charge in [-0.3, -0.25) is 9.59 Å². The molecular weight excluding hydrogens is 328 g/mol. The summed E-state index contributed by atoms with van der Waals surface area (Å²) in [6.07, 6.45) is 0.772. The van der Waals surface area contributed by atoms with Gasteiger partial charge in [0.1, 0.15) is 5.54 Å². The summed E-state index contributed by atoms with van der Waals surface area (Å²) in [7, 11) is 0. The molecule has 5 heteroatoms. The molecule has 5 nitrogen and oxygen atoms in total. The summed E-state index contributed by atoms with van der Waals surface area (Å²) >= 11 is 0. The van der Waals surface area contributed by atoms with Gasteiger partial charge >= 0.3 is 5.97 Å². The van der Waals surface area contributed by atoms with Gasteiger partial charge in [-0.2, -0.15) is 5.26 Å². The topological polar surface area (TPSA) is 79.2 Å². The van der Waals surface area contributed by atoms with Crippen LogP contribution in [0.4, 0.5) is 0 Å². The van der Waals surface area contributed by atoms with Gasteiger partial charge in [-0.15, -0.1) is 0 Å². The molecule has 0 aliphatic rings. The Morgan fingerprint density at radius 2 is 1.73 bits per heavy atom. The first-order valence-corrected chi connectivity index (χ1v) is 8.95. The Morgan fingerprint density at radius 1 is 1.15 bits per heavy atom. The Morgan fingerprint density at radius 3 is 2.19 bits per heavy atom. The normalized spacial score (nSPS) is 13.6. The number of ether oxygens (including phenoxy) is 1. The van der Waals surface area contributed by atoms with E-state index in [2.05, 4.69) is 44.3 Å². The maximum atomic E-state index is 11.9. The smallest absolute Gasteiger partial charge is 0.306 e. The van der Waals surface area contributed by atoms with Gasteiger partial charge in [0.25, 0.3) is 5.91 Å². The van der Waals surface area contributed by atoms with Crippen molar-refractivity contribution >= 4 is 11.9 Å². The molecule has 0 saturated carbocycles. The number of hydrogen-bond acceptors (Lipinski definition) is 4. The summed E-state index contributed by atoms with van der Waals surface area (Å²) in [5.41, 5.74) is 1.42. The lowest BCUT2D eigenvalue weighted by Crippen LogP contribution is -2.50. The first-order chi connectivity index (χ1) is 12.0. The van der Waals surface area contributed by atoms with Crippen LogP contribution in [0.15, 0.2) is 24.3 Å². The van der Waals surface area contributed by atoms with Crippen molar-refractivity contribution in [1.82, 2.24) is 5.32 Å². The molecule has 0 radical (unpaired) electrons. The van der Waals surface area contributed by atoms with Gasteiger partial charge in [0.15, 0.2) is 6.61 Å². The van der Waals surface area contributed by atoms with E-state index in [1.165, 1.54) is 5.56 Å². The quantitative estimate of drug-likeness (QED) is 0.757. The standard InChI is InChI=1S/C21H30N2O3/c1-15(2)21(6,14-22)23-18(24)13-26-19(25)12-9-16-7-10-17(11-8-16)20(3,4)5/h7-8,10-11,15H,9,12-13H2,1-6H3,(H,23,24)/t21-/m1/s1. The number of nitrogens with one attached hydrogen (secondary N) is 1. The van der Waals surface area contributed by atoms with E-state index in [4.69, 9.17) is 4.74 Å². The van der Waals surface area contributed by atoms with Crippen LogP contribution in [0, 0.1) is 17.2 Å². The molecule has 0 aliphatic carbocycles. The van der Waals surface area contributed by atoms with Crippen LogP contribution < -0.4 is 5.32 Å². The number of benzene rings is 1. The van der Waals surface area contributed by atoms with E-state index >= 15 is 0 Å². The highest BCUT2D eigenvalue weighted by molar-refractivity contribution is 5.81. The predicted molar refractivity (Wildman–Crippen MR) is 101 cm³/mol. The SMILES string of the molecule is CC(C)[C@@](C)(C#N)NC(=O)COC(=O)CCc1ccc(C(C)(C)C)cc1. The van der Waals surface area contributed by atoms with Crippen LogP contribution in [0.2, 0.25) is 0 Å². The molecule has 1 rings (SSSR count). The highest BCUT2D eigenvalue weighted by Crippen LogP contribution is 2.22. The molecule has 1 amide bonds. The van der Waals surface area contributed by atoms with Gasteiger partial charge in [0.2, 0.25) is 0 Å². The van der Waals surface area contributed by atoms with E-state index in [-0.39, 0.29) is 24.4 Å². The van der Waals surface area contributed by atoms with E-state index in [1.807, 2.05) is 26.0 Å². The zero-order valence-electron chi connectivity index (χ0n) is 16.7. The van der Waals surface area contributed by atoms with Crippen LogP contribution in [0.25, 0.3) is 0 Å². The van der Waals surface area contributed by atoms with Crippen molar-refractivity contribution in [3.8, 4) is 6.07 Å². The van der Waals surface area contributed by atoms with Crippen LogP contribution in [0.3, 0.4) is 0 Å². The van der Waals surface area contributed by atoms with Gasteiger partial charge in [-0.05, 0) is 35.8 Å². The van der Waals surface area contributed by atoms with Gasteiger partial charge in [-0.1, -0.05) is 58.9 Å². The summed E-state index contributed by atoms with van der Waals surface area (Å²) in [4.78, 5) is 23.7. The number of amides is 1. The molecule has 0 bridgehead atoms. The summed E-state index contributed by atoms with van der Waals surface area (Å²) in [6.45, 7) is 11.4. The molecule has 0 spiro atoms. The molecule has 0 unspecified atom stereocenters. The van der Waals surface area contributed by atoms with Gasteiger partial charge in [-0.25, -0.2) is 0 Å². The van der Waals surface area contributed by atoms with E-state index in [0.29, 0.717) is 6.42 Å². The van der Waals surface area contributed by atoms with Crippen LogP contribution >= 0.6 is 0 Å². The molecule has 1 aromatic carbocycles. The monoisotopic (exact) mass is 358 g/mol. The minimum atomic E-state index is -0.974. The van der Waals surface area contributed by atoms with Crippen LogP contribution in [0.5, 0.6) is 0 Å². The number of esters is 1. The molecule has 0 saturated heterocycles. The zero-order chi connectivity index (χ0) is 20.0. The fraction of sp³-hybridized carbons (Fsp3) is 0.571. The fourth-order valence-electron chi connectivity index (χ4n) is 2.26. The number of nitriles is 1. The predicted octanol–water partition coefficient (Wildman–Crippen LogP) is 3.51. The summed E-state index contributed by atoms with van der Waals surface area (Å²) < 4.78 is 5.01. The molecule has 1 N–H and O–H groups in total. The number of nitrogens with zero attached hydrogens (tertiary/aromatic N) is 1. The molecule has 1 atom stereocenters. The zero-order valence-corrected chi connectivity index (χ0v) is 16.7. The summed E-state index contributed by atoms with van der Waals surface area (Å²) in [5.74, 6) is -0.947. The number of carbonyl (C=O) groups excluding carboxylic acids is 2. The molecule has 1 aromatic rings. The average molecular weight is 358 g/mol. The number of hydrogen-bond donors (Lipinski definition) is 1. The van der Waals surface area contributed by atoms with Crippen molar-refractivity contribution in [3.05, 3.63) is 35.4 Å². The summed E-state index contributed by atoms with van der Waals surface area (Å²) in [5, 5.41) is 11.8. The van der Waals surface area contributed by atoms with E-state index < -0.39 is 17.4 Å². The van der Waals surface area contributed by atoms with Crippen molar-refractivity contribution in [2.75, 3.05) is 6.61 Å². The molecule has 142 valence electrons. The van der Waals surface area contributed by atoms with Crippen molar-refractivity contribution < 1.29 is 14.3 Å². The van der Waals surface area contributed by atoms with E-state index in [9.17, 15) is 14.9 Å². The number of aryl methyl sites for hydroxylation is 1. The Hall–Kier alpha value is -2.35. The highest BCUT2D eigenvalue weighted by atomic mass is 16.5. The second kappa shape index (κ2) is 8.84. The van der Waals surface area contributed by atoms with E-state index in [1.54, 1.807) is 6.92 Å². The second-order valence-electron chi connectivity index (χ2n) is 8.12. The first-order valence-electron chi connectivity index (χ1n) is 8.95. The van der Waals surface area contributed by atoms with Crippen LogP contribution in [0.1, 0.15) is 59.1 Å². The third kappa shape index (κ3) is 6.51. The maximum Gasteiger partial charge on any atom is 0.306 e. The molecule has 26 heavy (non-hydrogen) atoms. The fourth-order valence-corrected chi connectivity index (χ4v) is 2.26. The molecule has 0 heterocycles. The molecular formula is C21H30N2O3. The van der Waals surface area contributed by atoms with Crippen molar-refractivity contribution in [1.29, 1.82) is 5.26 Å². The number of rotatable bonds is 7. The first kappa shape index (κ1) is 21.7. The van der Waals surface area contributed by atoms with Crippen molar-refractivity contribution in [2.24, 2.45) is 5.92 Å². The highest BCUT2D eigenvalue weighted by Gasteiger charge is 2.30. The second-order valence-corrected chi connectivity index (χ2v) is 8.12. The molecule has 0 aliphatic heterocycles. The summed E-state index contributed by atoms with van der Waals surface area (Å²) in [6, 6.07) is 10.3. The van der Waals surface area contributed by atoms with Gasteiger partial charge < -0.3 is 10.1 Å².